The third kappa shape index (κ3) is 4.58. The van der Waals surface area contributed by atoms with Gasteiger partial charge in [0.25, 0.3) is 5.91 Å². The number of carbonyl (C=O) groups is 2. The molecule has 0 saturated carbocycles. The van der Waals surface area contributed by atoms with Crippen molar-refractivity contribution in [3.8, 4) is 11.3 Å². The predicted octanol–water partition coefficient (Wildman–Crippen LogP) is 6.83. The predicted molar refractivity (Wildman–Crippen MR) is 141 cm³/mol. The fourth-order valence-electron chi connectivity index (χ4n) is 4.74. The molecule has 2 aromatic carbocycles. The molecule has 1 aliphatic rings. The Balaban J connectivity index is 1.58. The molecule has 1 N–H and O–H groups in total. The zero-order chi connectivity index (χ0) is 24.5. The van der Waals surface area contributed by atoms with Crippen LogP contribution in [0, 0.1) is 12.8 Å². The van der Waals surface area contributed by atoms with E-state index >= 15 is 0 Å². The van der Waals surface area contributed by atoms with Crippen LogP contribution in [0.1, 0.15) is 57.0 Å². The van der Waals surface area contributed by atoms with Gasteiger partial charge in [-0.25, -0.2) is 9.78 Å². The van der Waals surface area contributed by atoms with E-state index in [1.165, 1.54) is 16.2 Å². The lowest BCUT2D eigenvalue weighted by Gasteiger charge is -2.18. The Labute approximate surface area is 209 Å². The Kier molecular flexibility index (Phi) is 6.39. The number of para-hydroxylation sites is 1. The minimum absolute atomic E-state index is 0.255. The second-order valence-corrected chi connectivity index (χ2v) is 10.3. The van der Waals surface area contributed by atoms with Crippen LogP contribution in [-0.2, 0) is 17.6 Å². The number of benzene rings is 2. The number of ether oxygens (including phenoxy) is 1. The Bertz CT molecular complexity index is 1440. The van der Waals surface area contributed by atoms with E-state index in [0.717, 1.165) is 52.5 Å². The summed E-state index contributed by atoms with van der Waals surface area (Å²) in [4.78, 5) is 32.6. The number of esters is 1. The monoisotopic (exact) mass is 484 g/mol. The molecule has 0 spiro atoms. The van der Waals surface area contributed by atoms with Gasteiger partial charge in [-0.2, -0.15) is 0 Å². The van der Waals surface area contributed by atoms with E-state index in [9.17, 15) is 9.59 Å². The van der Waals surface area contributed by atoms with Crippen LogP contribution in [0.2, 0.25) is 0 Å². The highest BCUT2D eigenvalue weighted by Gasteiger charge is 2.29. The van der Waals surface area contributed by atoms with Crippen molar-refractivity contribution >= 4 is 39.1 Å². The molecular weight excluding hydrogens is 456 g/mol. The maximum atomic E-state index is 13.7. The number of hydrogen-bond acceptors (Lipinski definition) is 5. The van der Waals surface area contributed by atoms with Gasteiger partial charge >= 0.3 is 5.97 Å². The van der Waals surface area contributed by atoms with Crippen LogP contribution in [0.4, 0.5) is 5.00 Å². The summed E-state index contributed by atoms with van der Waals surface area (Å²) in [6, 6.07) is 17.6. The number of hydrogen-bond donors (Lipinski definition) is 1. The molecule has 0 bridgehead atoms. The number of nitrogens with zero attached hydrogens (tertiary/aromatic N) is 1. The lowest BCUT2D eigenvalue weighted by Crippen LogP contribution is -2.17. The van der Waals surface area contributed by atoms with Crippen molar-refractivity contribution in [2.24, 2.45) is 5.92 Å². The smallest absolute Gasteiger partial charge is 0.341 e. The van der Waals surface area contributed by atoms with Crippen molar-refractivity contribution in [2.45, 2.75) is 40.0 Å². The van der Waals surface area contributed by atoms with E-state index in [1.807, 2.05) is 55.5 Å². The van der Waals surface area contributed by atoms with Crippen molar-refractivity contribution < 1.29 is 14.3 Å². The number of aromatic nitrogens is 1. The number of carbonyl (C=O) groups excluding carboxylic acids is 2. The lowest BCUT2D eigenvalue weighted by atomic mass is 9.88. The molecule has 5 nitrogen and oxygen atoms in total. The van der Waals surface area contributed by atoms with E-state index in [-0.39, 0.29) is 11.9 Å². The van der Waals surface area contributed by atoms with E-state index in [4.69, 9.17) is 9.72 Å². The molecule has 6 heteroatoms. The molecule has 5 rings (SSSR count). The quantitative estimate of drug-likeness (QED) is 0.315. The summed E-state index contributed by atoms with van der Waals surface area (Å²) in [6.07, 6.45) is 2.77. The Morgan fingerprint density at radius 1 is 1.14 bits per heavy atom. The van der Waals surface area contributed by atoms with Gasteiger partial charge in [0.15, 0.2) is 0 Å². The van der Waals surface area contributed by atoms with Crippen LogP contribution in [0.25, 0.3) is 22.2 Å². The SMILES string of the molecule is CCOC(=O)c1c(NC(=O)c2cc(-c3cccc(C)c3)nc3ccccc23)sc2c1CCC(C)C2. The van der Waals surface area contributed by atoms with Crippen LogP contribution < -0.4 is 5.32 Å². The van der Waals surface area contributed by atoms with Crippen LogP contribution in [0.5, 0.6) is 0 Å². The van der Waals surface area contributed by atoms with Gasteiger partial charge in [-0.1, -0.05) is 48.9 Å². The first-order chi connectivity index (χ1) is 16.9. The summed E-state index contributed by atoms with van der Waals surface area (Å²) in [5.74, 6) is -0.0645. The fraction of sp³-hybridized carbons (Fsp3) is 0.276. The molecule has 35 heavy (non-hydrogen) atoms. The van der Waals surface area contributed by atoms with Crippen LogP contribution in [0.3, 0.4) is 0 Å². The van der Waals surface area contributed by atoms with Gasteiger partial charge in [-0.05, 0) is 62.8 Å². The number of thiophene rings is 1. The number of rotatable bonds is 5. The summed E-state index contributed by atoms with van der Waals surface area (Å²) in [5, 5.41) is 4.42. The minimum atomic E-state index is -0.366. The van der Waals surface area contributed by atoms with Crippen molar-refractivity contribution in [3.05, 3.63) is 81.7 Å². The zero-order valence-electron chi connectivity index (χ0n) is 20.2. The first kappa shape index (κ1) is 23.2. The number of fused-ring (bicyclic) bond motifs is 2. The highest BCUT2D eigenvalue weighted by molar-refractivity contribution is 7.17. The molecule has 0 fully saturated rings. The molecular formula is C29H28N2O3S. The topological polar surface area (TPSA) is 68.3 Å². The summed E-state index contributed by atoms with van der Waals surface area (Å²) >= 11 is 1.50. The highest BCUT2D eigenvalue weighted by Crippen LogP contribution is 2.40. The van der Waals surface area contributed by atoms with E-state index in [1.54, 1.807) is 6.92 Å². The number of amides is 1. The Hall–Kier alpha value is -3.51. The Morgan fingerprint density at radius 3 is 2.77 bits per heavy atom. The van der Waals surface area contributed by atoms with Crippen molar-refractivity contribution in [1.82, 2.24) is 4.98 Å². The average molecular weight is 485 g/mol. The number of anilines is 1. The average Bonchev–Trinajstić information content (AvgIpc) is 3.20. The standard InChI is InChI=1S/C29H28N2O3S/c1-4-34-29(33)26-21-13-12-18(3)15-25(21)35-28(26)31-27(32)22-16-24(19-9-7-8-17(2)14-19)30-23-11-6-5-10-20(22)23/h5-11,14,16,18H,4,12-13,15H2,1-3H3,(H,31,32). The largest absolute Gasteiger partial charge is 0.462 e. The second-order valence-electron chi connectivity index (χ2n) is 9.17. The van der Waals surface area contributed by atoms with Crippen molar-refractivity contribution in [2.75, 3.05) is 11.9 Å². The summed E-state index contributed by atoms with van der Waals surface area (Å²) < 4.78 is 5.37. The molecule has 1 atom stereocenters. The maximum Gasteiger partial charge on any atom is 0.341 e. The maximum absolute atomic E-state index is 13.7. The number of aryl methyl sites for hydroxylation is 1. The van der Waals surface area contributed by atoms with Gasteiger partial charge in [0.2, 0.25) is 0 Å². The molecule has 1 amide bonds. The first-order valence-electron chi connectivity index (χ1n) is 12.0. The number of nitrogens with one attached hydrogen (secondary N) is 1. The summed E-state index contributed by atoms with van der Waals surface area (Å²) in [5.41, 5.74) is 5.65. The summed E-state index contributed by atoms with van der Waals surface area (Å²) in [6.45, 7) is 6.35. The van der Waals surface area contributed by atoms with Gasteiger partial charge in [-0.15, -0.1) is 11.3 Å². The molecule has 0 radical (unpaired) electrons. The third-order valence-electron chi connectivity index (χ3n) is 6.49. The van der Waals surface area contributed by atoms with Gasteiger partial charge in [0, 0.05) is 15.8 Å². The number of pyridine rings is 1. The van der Waals surface area contributed by atoms with E-state index < -0.39 is 0 Å². The van der Waals surface area contributed by atoms with Crippen LogP contribution in [-0.4, -0.2) is 23.5 Å². The fourth-order valence-corrected chi connectivity index (χ4v) is 6.14. The van der Waals surface area contributed by atoms with Gasteiger partial charge in [0.1, 0.15) is 5.00 Å². The molecule has 0 saturated heterocycles. The summed E-state index contributed by atoms with van der Waals surface area (Å²) in [7, 11) is 0. The molecule has 1 aliphatic carbocycles. The third-order valence-corrected chi connectivity index (χ3v) is 7.66. The first-order valence-corrected chi connectivity index (χ1v) is 12.9. The van der Waals surface area contributed by atoms with Crippen LogP contribution in [0.15, 0.2) is 54.6 Å². The molecule has 1 unspecified atom stereocenters. The Morgan fingerprint density at radius 2 is 1.97 bits per heavy atom. The van der Waals surface area contributed by atoms with Gasteiger partial charge in [0.05, 0.1) is 28.9 Å². The minimum Gasteiger partial charge on any atom is -0.462 e. The molecule has 2 heterocycles. The van der Waals surface area contributed by atoms with Crippen LogP contribution >= 0.6 is 11.3 Å². The molecule has 0 aliphatic heterocycles. The molecule has 2 aromatic heterocycles. The lowest BCUT2D eigenvalue weighted by molar-refractivity contribution is 0.0526. The van der Waals surface area contributed by atoms with E-state index in [0.29, 0.717) is 28.7 Å². The zero-order valence-corrected chi connectivity index (χ0v) is 21.0. The van der Waals surface area contributed by atoms with Crippen molar-refractivity contribution in [3.63, 3.8) is 0 Å². The normalized spacial score (nSPS) is 15.0. The van der Waals surface area contributed by atoms with Gasteiger partial charge in [-0.3, -0.25) is 4.79 Å². The van der Waals surface area contributed by atoms with E-state index in [2.05, 4.69) is 18.3 Å². The second kappa shape index (κ2) is 9.62. The molecule has 4 aromatic rings. The van der Waals surface area contributed by atoms with Crippen molar-refractivity contribution in [1.29, 1.82) is 0 Å². The highest BCUT2D eigenvalue weighted by atomic mass is 32.1. The van der Waals surface area contributed by atoms with Gasteiger partial charge < -0.3 is 10.1 Å². The molecule has 178 valence electrons.